The Hall–Kier alpha value is -1.95. The molecule has 0 spiro atoms. The van der Waals surface area contributed by atoms with Gasteiger partial charge in [-0.05, 0) is 31.5 Å². The molecule has 0 saturated carbocycles. The van der Waals surface area contributed by atoms with E-state index >= 15 is 0 Å². The van der Waals surface area contributed by atoms with Crippen molar-refractivity contribution in [2.24, 2.45) is 0 Å². The molecule has 0 amide bonds. The van der Waals surface area contributed by atoms with Crippen molar-refractivity contribution >= 4 is 11.9 Å². The lowest BCUT2D eigenvalue weighted by Crippen LogP contribution is -2.13. The third-order valence-electron chi connectivity index (χ3n) is 2.29. The Morgan fingerprint density at radius 3 is 2.41 bits per heavy atom. The van der Waals surface area contributed by atoms with Gasteiger partial charge in [0, 0.05) is 12.2 Å². The van der Waals surface area contributed by atoms with Gasteiger partial charge in [0.05, 0.1) is 5.69 Å². The number of pyridine rings is 1. The number of nitrogens with one attached hydrogen (secondary N) is 1. The lowest BCUT2D eigenvalue weighted by molar-refractivity contribution is -0.159. The van der Waals surface area contributed by atoms with E-state index in [1.54, 1.807) is 0 Å². The van der Waals surface area contributed by atoms with E-state index in [2.05, 4.69) is 16.4 Å². The van der Waals surface area contributed by atoms with Crippen LogP contribution in [0.4, 0.5) is 0 Å². The van der Waals surface area contributed by atoms with Gasteiger partial charge >= 0.3 is 11.9 Å². The Bertz CT molecular complexity index is 362. The van der Waals surface area contributed by atoms with Gasteiger partial charge in [-0.25, -0.2) is 9.59 Å². The molecule has 0 bridgehead atoms. The minimum atomic E-state index is -1.82. The van der Waals surface area contributed by atoms with Crippen molar-refractivity contribution in [3.8, 4) is 0 Å². The normalized spacial score (nSPS) is 18.0. The van der Waals surface area contributed by atoms with Crippen molar-refractivity contribution in [3.05, 3.63) is 30.1 Å². The molecule has 1 atom stereocenters. The van der Waals surface area contributed by atoms with Crippen LogP contribution < -0.4 is 5.32 Å². The molecule has 1 unspecified atom stereocenters. The number of carboxylic acids is 2. The molecule has 2 heterocycles. The quantitative estimate of drug-likeness (QED) is 0.621. The van der Waals surface area contributed by atoms with Gasteiger partial charge in [0.2, 0.25) is 0 Å². The van der Waals surface area contributed by atoms with Crippen molar-refractivity contribution in [2.75, 3.05) is 6.54 Å². The Morgan fingerprint density at radius 2 is 2.00 bits per heavy atom. The molecule has 0 aliphatic carbocycles. The summed E-state index contributed by atoms with van der Waals surface area (Å²) >= 11 is 0. The van der Waals surface area contributed by atoms with Crippen LogP contribution >= 0.6 is 0 Å². The molecule has 3 N–H and O–H groups in total. The highest BCUT2D eigenvalue weighted by Crippen LogP contribution is 2.19. The summed E-state index contributed by atoms with van der Waals surface area (Å²) in [7, 11) is 0. The molecule has 17 heavy (non-hydrogen) atoms. The van der Waals surface area contributed by atoms with Crippen LogP contribution in [0.25, 0.3) is 0 Å². The molecule has 0 aromatic carbocycles. The van der Waals surface area contributed by atoms with E-state index < -0.39 is 11.9 Å². The zero-order valence-corrected chi connectivity index (χ0v) is 9.17. The predicted molar refractivity (Wildman–Crippen MR) is 59.5 cm³/mol. The number of aromatic nitrogens is 1. The van der Waals surface area contributed by atoms with Gasteiger partial charge in [-0.3, -0.25) is 4.98 Å². The van der Waals surface area contributed by atoms with Gasteiger partial charge in [0.1, 0.15) is 0 Å². The second-order valence-electron chi connectivity index (χ2n) is 3.51. The first kappa shape index (κ1) is 13.1. The van der Waals surface area contributed by atoms with Crippen LogP contribution in [-0.2, 0) is 9.59 Å². The average molecular weight is 238 g/mol. The third-order valence-corrected chi connectivity index (χ3v) is 2.29. The highest BCUT2D eigenvalue weighted by atomic mass is 16.4. The molecular formula is C11H14N2O4. The molecular weight excluding hydrogens is 224 g/mol. The molecule has 6 nitrogen and oxygen atoms in total. The van der Waals surface area contributed by atoms with E-state index in [4.69, 9.17) is 19.8 Å². The maximum absolute atomic E-state index is 9.10. The van der Waals surface area contributed by atoms with E-state index in [9.17, 15) is 0 Å². The third kappa shape index (κ3) is 4.60. The first-order valence-electron chi connectivity index (χ1n) is 5.22. The Labute approximate surface area is 98.3 Å². The highest BCUT2D eigenvalue weighted by Gasteiger charge is 2.15. The largest absolute Gasteiger partial charge is 0.473 e. The molecule has 1 aromatic heterocycles. The Kier molecular flexibility index (Phi) is 5.09. The van der Waals surface area contributed by atoms with Crippen LogP contribution in [0.3, 0.4) is 0 Å². The molecule has 92 valence electrons. The summed E-state index contributed by atoms with van der Waals surface area (Å²) in [6, 6.07) is 6.60. The second kappa shape index (κ2) is 6.59. The maximum atomic E-state index is 9.10. The fourth-order valence-corrected chi connectivity index (χ4v) is 1.52. The van der Waals surface area contributed by atoms with Crippen molar-refractivity contribution in [2.45, 2.75) is 18.9 Å². The van der Waals surface area contributed by atoms with Crippen LogP contribution in [0.2, 0.25) is 0 Å². The smallest absolute Gasteiger partial charge is 0.414 e. The maximum Gasteiger partial charge on any atom is 0.414 e. The topological polar surface area (TPSA) is 99.5 Å². The van der Waals surface area contributed by atoms with E-state index in [0.29, 0.717) is 6.04 Å². The van der Waals surface area contributed by atoms with Crippen LogP contribution in [0.5, 0.6) is 0 Å². The van der Waals surface area contributed by atoms with Crippen molar-refractivity contribution in [1.82, 2.24) is 10.3 Å². The fourth-order valence-electron chi connectivity index (χ4n) is 1.52. The van der Waals surface area contributed by atoms with E-state index in [1.165, 1.54) is 18.5 Å². The SMILES string of the molecule is O=C(O)C(=O)O.c1ccc(C2CCCN2)nc1. The summed E-state index contributed by atoms with van der Waals surface area (Å²) in [6.07, 6.45) is 4.37. The summed E-state index contributed by atoms with van der Waals surface area (Å²) in [4.78, 5) is 22.5. The number of carbonyl (C=O) groups is 2. The number of rotatable bonds is 1. The van der Waals surface area contributed by atoms with Crippen LogP contribution in [-0.4, -0.2) is 33.7 Å². The molecule has 1 fully saturated rings. The summed E-state index contributed by atoms with van der Waals surface area (Å²) in [5, 5.41) is 18.2. The molecule has 0 radical (unpaired) electrons. The lowest BCUT2D eigenvalue weighted by atomic mass is 10.1. The number of hydrogen-bond donors (Lipinski definition) is 3. The number of aliphatic carboxylic acids is 2. The molecule has 1 saturated heterocycles. The number of nitrogens with zero attached hydrogens (tertiary/aromatic N) is 1. The Balaban J connectivity index is 0.000000209. The minimum Gasteiger partial charge on any atom is -0.473 e. The Morgan fingerprint density at radius 1 is 1.29 bits per heavy atom. The van der Waals surface area contributed by atoms with E-state index in [-0.39, 0.29) is 0 Å². The highest BCUT2D eigenvalue weighted by molar-refractivity contribution is 6.27. The van der Waals surface area contributed by atoms with Crippen LogP contribution in [0.15, 0.2) is 24.4 Å². The van der Waals surface area contributed by atoms with Gasteiger partial charge in [0.25, 0.3) is 0 Å². The summed E-state index contributed by atoms with van der Waals surface area (Å²) in [6.45, 7) is 1.14. The summed E-state index contributed by atoms with van der Waals surface area (Å²) in [5.41, 5.74) is 1.19. The lowest BCUT2D eigenvalue weighted by Gasteiger charge is -2.07. The summed E-state index contributed by atoms with van der Waals surface area (Å²) in [5.74, 6) is -3.65. The van der Waals surface area contributed by atoms with Crippen molar-refractivity contribution in [1.29, 1.82) is 0 Å². The molecule has 2 rings (SSSR count). The second-order valence-corrected chi connectivity index (χ2v) is 3.51. The van der Waals surface area contributed by atoms with E-state index in [1.807, 2.05) is 18.3 Å². The van der Waals surface area contributed by atoms with Crippen molar-refractivity contribution in [3.63, 3.8) is 0 Å². The zero-order chi connectivity index (χ0) is 12.7. The molecule has 6 heteroatoms. The summed E-state index contributed by atoms with van der Waals surface area (Å²) < 4.78 is 0. The number of carboxylic acid groups (broad SMARTS) is 2. The molecule has 1 aliphatic rings. The van der Waals surface area contributed by atoms with Crippen molar-refractivity contribution < 1.29 is 19.8 Å². The van der Waals surface area contributed by atoms with Gasteiger partial charge < -0.3 is 15.5 Å². The standard InChI is InChI=1S/C9H12N2.C2H2O4/c1-2-6-10-8(4-1)9-5-3-7-11-9;3-1(4)2(5)6/h1-2,4,6,9,11H,3,5,7H2;(H,3,4)(H,5,6). The van der Waals surface area contributed by atoms with Gasteiger partial charge in [-0.2, -0.15) is 0 Å². The first-order chi connectivity index (χ1) is 8.11. The van der Waals surface area contributed by atoms with Crippen LogP contribution in [0, 0.1) is 0 Å². The van der Waals surface area contributed by atoms with Gasteiger partial charge in [-0.15, -0.1) is 0 Å². The number of hydrogen-bond acceptors (Lipinski definition) is 4. The molecule has 1 aromatic rings. The monoisotopic (exact) mass is 238 g/mol. The first-order valence-corrected chi connectivity index (χ1v) is 5.22. The minimum absolute atomic E-state index is 0.510. The predicted octanol–water partition coefficient (Wildman–Crippen LogP) is 0.662. The average Bonchev–Trinajstić information content (AvgIpc) is 2.84. The van der Waals surface area contributed by atoms with Crippen LogP contribution in [0.1, 0.15) is 24.6 Å². The molecule has 1 aliphatic heterocycles. The fraction of sp³-hybridized carbons (Fsp3) is 0.364. The van der Waals surface area contributed by atoms with E-state index in [0.717, 1.165) is 6.54 Å². The van der Waals surface area contributed by atoms with Gasteiger partial charge in [-0.1, -0.05) is 6.07 Å². The zero-order valence-electron chi connectivity index (χ0n) is 9.17. The van der Waals surface area contributed by atoms with Gasteiger partial charge in [0.15, 0.2) is 0 Å².